The van der Waals surface area contributed by atoms with Crippen LogP contribution in [0.4, 0.5) is 5.69 Å². The highest BCUT2D eigenvalue weighted by Gasteiger charge is 2.14. The van der Waals surface area contributed by atoms with Gasteiger partial charge in [-0.2, -0.15) is 5.10 Å². The summed E-state index contributed by atoms with van der Waals surface area (Å²) in [5.41, 5.74) is 0.294. The van der Waals surface area contributed by atoms with Gasteiger partial charge in [0.1, 0.15) is 5.69 Å². The lowest BCUT2D eigenvalue weighted by molar-refractivity contribution is 0.0600. The molecule has 2 aromatic rings. The molecule has 1 aromatic carbocycles. The molecule has 0 fully saturated rings. The molecule has 1 heterocycles. The number of aromatic nitrogens is 2. The first-order chi connectivity index (χ1) is 11.5. The summed E-state index contributed by atoms with van der Waals surface area (Å²) in [6, 6.07) is 7.00. The summed E-state index contributed by atoms with van der Waals surface area (Å²) in [5.74, 6) is -1.08. The molecule has 7 nitrogen and oxygen atoms in total. The van der Waals surface area contributed by atoms with Crippen molar-refractivity contribution in [2.45, 2.75) is 19.9 Å². The Balaban J connectivity index is 2.28. The van der Waals surface area contributed by atoms with Crippen LogP contribution in [0.1, 0.15) is 34.2 Å². The van der Waals surface area contributed by atoms with E-state index >= 15 is 0 Å². The third kappa shape index (κ3) is 3.99. The fraction of sp³-hybridized carbons (Fsp3) is 0.250. The van der Waals surface area contributed by atoms with Gasteiger partial charge in [-0.15, -0.1) is 0 Å². The lowest BCUT2D eigenvalue weighted by atomic mass is 10.2. The Bertz CT molecular complexity index is 832. The van der Waals surface area contributed by atoms with Gasteiger partial charge in [-0.25, -0.2) is 9.48 Å². The monoisotopic (exact) mass is 349 g/mol. The summed E-state index contributed by atoms with van der Waals surface area (Å²) >= 11 is 6.04. The number of benzene rings is 1. The quantitative estimate of drug-likeness (QED) is 0.837. The van der Waals surface area contributed by atoms with Crippen molar-refractivity contribution in [3.05, 3.63) is 57.0 Å². The maximum atomic E-state index is 12.3. The van der Waals surface area contributed by atoms with Crippen LogP contribution >= 0.6 is 11.6 Å². The molecule has 0 unspecified atom stereocenters. The Kier molecular flexibility index (Phi) is 5.70. The molecule has 1 aromatic heterocycles. The third-order valence-corrected chi connectivity index (χ3v) is 3.50. The Morgan fingerprint density at radius 3 is 2.71 bits per heavy atom. The standard InChI is InChI=1S/C16H16ClN3O4/c1-3-8-20-14(21)7-6-12(19-20)15(22)18-13-9-10(16(23)24-2)4-5-11(13)17/h4-7,9H,3,8H2,1-2H3,(H,18,22). The minimum absolute atomic E-state index is 0.0718. The van der Waals surface area contributed by atoms with E-state index in [2.05, 4.69) is 15.2 Å². The number of halogens is 1. The molecule has 0 spiro atoms. The Morgan fingerprint density at radius 2 is 2.04 bits per heavy atom. The molecule has 2 rings (SSSR count). The summed E-state index contributed by atoms with van der Waals surface area (Å²) in [6.45, 7) is 2.32. The zero-order valence-corrected chi connectivity index (χ0v) is 14.0. The predicted molar refractivity (Wildman–Crippen MR) is 89.5 cm³/mol. The predicted octanol–water partition coefficient (Wildman–Crippen LogP) is 2.35. The number of ether oxygens (including phenoxy) is 1. The Hall–Kier alpha value is -2.67. The summed E-state index contributed by atoms with van der Waals surface area (Å²) in [5, 5.41) is 6.86. The molecule has 0 radical (unpaired) electrons. The average Bonchev–Trinajstić information content (AvgIpc) is 2.58. The molecule has 1 amide bonds. The van der Waals surface area contributed by atoms with E-state index < -0.39 is 11.9 Å². The van der Waals surface area contributed by atoms with Crippen molar-refractivity contribution in [1.29, 1.82) is 0 Å². The first kappa shape index (κ1) is 17.7. The van der Waals surface area contributed by atoms with Gasteiger partial charge in [-0.1, -0.05) is 18.5 Å². The minimum atomic E-state index is -0.545. The largest absolute Gasteiger partial charge is 0.465 e. The second-order valence-electron chi connectivity index (χ2n) is 4.92. The van der Waals surface area contributed by atoms with E-state index in [1.165, 1.54) is 42.1 Å². The molecular formula is C16H16ClN3O4. The number of anilines is 1. The first-order valence-corrected chi connectivity index (χ1v) is 7.61. The molecule has 0 saturated heterocycles. The lowest BCUT2D eigenvalue weighted by Gasteiger charge is -2.09. The second kappa shape index (κ2) is 7.74. The van der Waals surface area contributed by atoms with Gasteiger partial charge < -0.3 is 10.1 Å². The van der Waals surface area contributed by atoms with Gasteiger partial charge in [0.2, 0.25) is 0 Å². The van der Waals surface area contributed by atoms with Crippen molar-refractivity contribution >= 4 is 29.2 Å². The molecule has 0 aliphatic heterocycles. The smallest absolute Gasteiger partial charge is 0.337 e. The van der Waals surface area contributed by atoms with Crippen molar-refractivity contribution in [2.24, 2.45) is 0 Å². The third-order valence-electron chi connectivity index (χ3n) is 3.17. The van der Waals surface area contributed by atoms with Crippen molar-refractivity contribution in [3.63, 3.8) is 0 Å². The van der Waals surface area contributed by atoms with Crippen LogP contribution in [0.3, 0.4) is 0 Å². The molecule has 0 bridgehead atoms. The van der Waals surface area contributed by atoms with E-state index in [9.17, 15) is 14.4 Å². The normalized spacial score (nSPS) is 10.3. The van der Waals surface area contributed by atoms with E-state index in [1.54, 1.807) is 0 Å². The van der Waals surface area contributed by atoms with Gasteiger partial charge in [0.15, 0.2) is 0 Å². The topological polar surface area (TPSA) is 90.3 Å². The van der Waals surface area contributed by atoms with Gasteiger partial charge in [-0.3, -0.25) is 9.59 Å². The van der Waals surface area contributed by atoms with Gasteiger partial charge in [0.05, 0.1) is 23.4 Å². The molecule has 0 aliphatic rings. The van der Waals surface area contributed by atoms with Crippen LogP contribution in [-0.4, -0.2) is 28.8 Å². The maximum absolute atomic E-state index is 12.3. The van der Waals surface area contributed by atoms with Gasteiger partial charge in [-0.05, 0) is 30.7 Å². The SMILES string of the molecule is CCCn1nc(C(=O)Nc2cc(C(=O)OC)ccc2Cl)ccc1=O. The summed E-state index contributed by atoms with van der Waals surface area (Å²) < 4.78 is 5.86. The maximum Gasteiger partial charge on any atom is 0.337 e. The van der Waals surface area contributed by atoms with E-state index in [-0.39, 0.29) is 27.5 Å². The average molecular weight is 350 g/mol. The summed E-state index contributed by atoms with van der Waals surface area (Å²) in [7, 11) is 1.26. The fourth-order valence-electron chi connectivity index (χ4n) is 1.99. The summed E-state index contributed by atoms with van der Waals surface area (Å²) in [6.07, 6.45) is 0.713. The number of nitrogens with one attached hydrogen (secondary N) is 1. The van der Waals surface area contributed by atoms with Crippen LogP contribution in [0, 0.1) is 0 Å². The van der Waals surface area contributed by atoms with E-state index in [0.717, 1.165) is 0 Å². The van der Waals surface area contributed by atoms with Gasteiger partial charge in [0.25, 0.3) is 11.5 Å². The number of aryl methyl sites for hydroxylation is 1. The van der Waals surface area contributed by atoms with E-state index in [4.69, 9.17) is 11.6 Å². The van der Waals surface area contributed by atoms with Crippen molar-refractivity contribution in [1.82, 2.24) is 9.78 Å². The van der Waals surface area contributed by atoms with Crippen LogP contribution < -0.4 is 10.9 Å². The van der Waals surface area contributed by atoms with E-state index in [0.29, 0.717) is 13.0 Å². The molecule has 126 valence electrons. The highest BCUT2D eigenvalue weighted by atomic mass is 35.5. The molecule has 1 N–H and O–H groups in total. The molecule has 0 aliphatic carbocycles. The van der Waals surface area contributed by atoms with Crippen molar-refractivity contribution in [3.8, 4) is 0 Å². The van der Waals surface area contributed by atoms with Crippen molar-refractivity contribution in [2.75, 3.05) is 12.4 Å². The van der Waals surface area contributed by atoms with Crippen LogP contribution in [0.15, 0.2) is 35.1 Å². The van der Waals surface area contributed by atoms with Gasteiger partial charge in [0, 0.05) is 12.6 Å². The number of methoxy groups -OCH3 is 1. The zero-order valence-electron chi connectivity index (χ0n) is 13.2. The van der Waals surface area contributed by atoms with Crippen molar-refractivity contribution < 1.29 is 14.3 Å². The van der Waals surface area contributed by atoms with Crippen LogP contribution in [-0.2, 0) is 11.3 Å². The molecule has 8 heteroatoms. The molecular weight excluding hydrogens is 334 g/mol. The number of carbonyl (C=O) groups is 2. The van der Waals surface area contributed by atoms with Crippen LogP contribution in [0.25, 0.3) is 0 Å². The number of amides is 1. The molecule has 0 saturated carbocycles. The molecule has 24 heavy (non-hydrogen) atoms. The first-order valence-electron chi connectivity index (χ1n) is 7.23. The summed E-state index contributed by atoms with van der Waals surface area (Å²) in [4.78, 5) is 35.5. The zero-order chi connectivity index (χ0) is 17.7. The number of carbonyl (C=O) groups excluding carboxylic acids is 2. The minimum Gasteiger partial charge on any atom is -0.465 e. The van der Waals surface area contributed by atoms with Crippen LogP contribution in [0.2, 0.25) is 5.02 Å². The van der Waals surface area contributed by atoms with E-state index in [1.807, 2.05) is 6.92 Å². The number of hydrogen-bond acceptors (Lipinski definition) is 5. The number of nitrogens with zero attached hydrogens (tertiary/aromatic N) is 2. The number of esters is 1. The lowest BCUT2D eigenvalue weighted by Crippen LogP contribution is -2.26. The molecule has 0 atom stereocenters. The van der Waals surface area contributed by atoms with Gasteiger partial charge >= 0.3 is 5.97 Å². The Morgan fingerprint density at radius 1 is 1.29 bits per heavy atom. The second-order valence-corrected chi connectivity index (χ2v) is 5.33. The van der Waals surface area contributed by atoms with Crippen LogP contribution in [0.5, 0.6) is 0 Å². The highest BCUT2D eigenvalue weighted by molar-refractivity contribution is 6.34. The number of hydrogen-bond donors (Lipinski definition) is 1. The number of rotatable bonds is 5. The Labute approximate surface area is 143 Å². The highest BCUT2D eigenvalue weighted by Crippen LogP contribution is 2.23. The fourth-order valence-corrected chi connectivity index (χ4v) is 2.16.